The third kappa shape index (κ3) is 3.26. The topological polar surface area (TPSA) is 57.0 Å². The molecular weight excluding hydrogens is 176 g/mol. The molecule has 2 N–H and O–H groups in total. The van der Waals surface area contributed by atoms with E-state index in [1.807, 2.05) is 18.2 Å². The maximum absolute atomic E-state index is 8.63. The molecule has 1 aromatic rings. The van der Waals surface area contributed by atoms with Crippen molar-refractivity contribution in [1.82, 2.24) is 4.98 Å². The fourth-order valence-corrected chi connectivity index (χ4v) is 1.25. The van der Waals surface area contributed by atoms with Crippen molar-refractivity contribution < 1.29 is 5.11 Å². The predicted molar refractivity (Wildman–Crippen MR) is 56.8 cm³/mol. The predicted octanol–water partition coefficient (Wildman–Crippen LogP) is 1.78. The Morgan fingerprint density at radius 3 is 2.86 bits per heavy atom. The van der Waals surface area contributed by atoms with E-state index in [-0.39, 0.29) is 6.61 Å². The van der Waals surface area contributed by atoms with Gasteiger partial charge in [-0.3, -0.25) is 4.98 Å². The second kappa shape index (κ2) is 5.50. The van der Waals surface area contributed by atoms with Crippen LogP contribution in [0.15, 0.2) is 18.2 Å². The Labute approximate surface area is 84.3 Å². The summed E-state index contributed by atoms with van der Waals surface area (Å²) >= 11 is 0. The average molecular weight is 192 g/mol. The monoisotopic (exact) mass is 192 g/mol. The molecule has 3 nitrogen and oxygen atoms in total. The molecule has 0 aliphatic rings. The van der Waals surface area contributed by atoms with Crippen molar-refractivity contribution in [2.45, 2.75) is 26.2 Å². The van der Waals surface area contributed by atoms with Crippen molar-refractivity contribution in [1.29, 1.82) is 5.41 Å². The second-order valence-electron chi connectivity index (χ2n) is 3.32. The highest BCUT2D eigenvalue weighted by atomic mass is 16.2. The van der Waals surface area contributed by atoms with Gasteiger partial charge in [0.05, 0.1) is 11.4 Å². The van der Waals surface area contributed by atoms with Gasteiger partial charge in [-0.15, -0.1) is 0 Å². The summed E-state index contributed by atoms with van der Waals surface area (Å²) in [5, 5.41) is 16.1. The molecule has 76 valence electrons. The molecule has 0 saturated heterocycles. The SMILES string of the molecule is CC(=N)c1cccc(CCCCO)n1. The Morgan fingerprint density at radius 1 is 1.43 bits per heavy atom. The fourth-order valence-electron chi connectivity index (χ4n) is 1.25. The molecular formula is C11H16N2O. The first-order valence-corrected chi connectivity index (χ1v) is 4.86. The summed E-state index contributed by atoms with van der Waals surface area (Å²) in [4.78, 5) is 4.34. The van der Waals surface area contributed by atoms with Crippen LogP contribution in [0.4, 0.5) is 0 Å². The standard InChI is InChI=1S/C11H16N2O/c1-9(12)11-7-4-6-10(13-11)5-2-3-8-14/h4,6-7,12,14H,2-3,5,8H2,1H3. The molecule has 0 saturated carbocycles. The zero-order valence-corrected chi connectivity index (χ0v) is 8.45. The first kappa shape index (κ1) is 10.9. The number of aliphatic hydroxyl groups is 1. The Kier molecular flexibility index (Phi) is 4.26. The van der Waals surface area contributed by atoms with Crippen LogP contribution < -0.4 is 0 Å². The minimum atomic E-state index is 0.239. The van der Waals surface area contributed by atoms with Crippen molar-refractivity contribution >= 4 is 5.71 Å². The summed E-state index contributed by atoms with van der Waals surface area (Å²) in [5.74, 6) is 0. The number of aryl methyl sites for hydroxylation is 1. The van der Waals surface area contributed by atoms with Crippen LogP contribution >= 0.6 is 0 Å². The summed E-state index contributed by atoms with van der Waals surface area (Å²) in [5.41, 5.74) is 2.24. The molecule has 0 unspecified atom stereocenters. The van der Waals surface area contributed by atoms with Gasteiger partial charge < -0.3 is 10.5 Å². The Bertz CT molecular complexity index is 310. The lowest BCUT2D eigenvalue weighted by Crippen LogP contribution is -2.00. The molecule has 1 aromatic heterocycles. The van der Waals surface area contributed by atoms with E-state index in [0.29, 0.717) is 5.71 Å². The van der Waals surface area contributed by atoms with Crippen LogP contribution in [0.2, 0.25) is 0 Å². The minimum Gasteiger partial charge on any atom is -0.396 e. The highest BCUT2D eigenvalue weighted by molar-refractivity contribution is 5.94. The molecule has 1 rings (SSSR count). The number of nitrogens with zero attached hydrogens (tertiary/aromatic N) is 1. The third-order valence-corrected chi connectivity index (χ3v) is 2.03. The largest absolute Gasteiger partial charge is 0.396 e. The molecule has 0 aromatic carbocycles. The van der Waals surface area contributed by atoms with E-state index >= 15 is 0 Å². The zero-order chi connectivity index (χ0) is 10.4. The van der Waals surface area contributed by atoms with Crippen LogP contribution in [0.5, 0.6) is 0 Å². The van der Waals surface area contributed by atoms with Gasteiger partial charge >= 0.3 is 0 Å². The number of nitrogens with one attached hydrogen (secondary N) is 1. The molecule has 1 heterocycles. The number of aromatic nitrogens is 1. The van der Waals surface area contributed by atoms with Crippen molar-refractivity contribution in [3.05, 3.63) is 29.6 Å². The summed E-state index contributed by atoms with van der Waals surface area (Å²) in [6.07, 6.45) is 2.64. The highest BCUT2D eigenvalue weighted by Gasteiger charge is 1.99. The summed E-state index contributed by atoms with van der Waals surface area (Å²) < 4.78 is 0. The maximum atomic E-state index is 8.63. The van der Waals surface area contributed by atoms with E-state index in [4.69, 9.17) is 10.5 Å². The van der Waals surface area contributed by atoms with Crippen molar-refractivity contribution in [3.63, 3.8) is 0 Å². The summed E-state index contributed by atoms with van der Waals surface area (Å²) in [6.45, 7) is 1.98. The molecule has 0 atom stereocenters. The molecule has 0 bridgehead atoms. The van der Waals surface area contributed by atoms with Crippen LogP contribution in [-0.4, -0.2) is 22.4 Å². The second-order valence-corrected chi connectivity index (χ2v) is 3.32. The van der Waals surface area contributed by atoms with Crippen LogP contribution in [-0.2, 0) is 6.42 Å². The fraction of sp³-hybridized carbons (Fsp3) is 0.455. The lowest BCUT2D eigenvalue weighted by atomic mass is 10.1. The van der Waals surface area contributed by atoms with E-state index in [0.717, 1.165) is 30.7 Å². The van der Waals surface area contributed by atoms with Crippen molar-refractivity contribution in [3.8, 4) is 0 Å². The van der Waals surface area contributed by atoms with Gasteiger partial charge in [0, 0.05) is 12.3 Å². The molecule has 0 fully saturated rings. The van der Waals surface area contributed by atoms with Crippen LogP contribution in [0.25, 0.3) is 0 Å². The molecule has 0 radical (unpaired) electrons. The quantitative estimate of drug-likeness (QED) is 0.552. The molecule has 0 aliphatic heterocycles. The van der Waals surface area contributed by atoms with Crippen LogP contribution in [0.1, 0.15) is 31.2 Å². The van der Waals surface area contributed by atoms with Gasteiger partial charge in [-0.1, -0.05) is 6.07 Å². The van der Waals surface area contributed by atoms with E-state index < -0.39 is 0 Å². The van der Waals surface area contributed by atoms with Crippen molar-refractivity contribution in [2.75, 3.05) is 6.61 Å². The Balaban J connectivity index is 2.59. The van der Waals surface area contributed by atoms with Gasteiger partial charge in [-0.05, 0) is 38.3 Å². The van der Waals surface area contributed by atoms with E-state index in [9.17, 15) is 0 Å². The van der Waals surface area contributed by atoms with Gasteiger partial charge in [-0.25, -0.2) is 0 Å². The molecule has 0 aliphatic carbocycles. The molecule has 0 spiro atoms. The van der Waals surface area contributed by atoms with Crippen LogP contribution in [0, 0.1) is 5.41 Å². The first-order chi connectivity index (χ1) is 6.74. The Hall–Kier alpha value is -1.22. The lowest BCUT2D eigenvalue weighted by molar-refractivity contribution is 0.284. The van der Waals surface area contributed by atoms with Crippen molar-refractivity contribution in [2.24, 2.45) is 0 Å². The third-order valence-electron chi connectivity index (χ3n) is 2.03. The maximum Gasteiger partial charge on any atom is 0.0837 e. The average Bonchev–Trinajstić information content (AvgIpc) is 2.19. The number of rotatable bonds is 5. The molecule has 3 heteroatoms. The van der Waals surface area contributed by atoms with E-state index in [1.165, 1.54) is 0 Å². The minimum absolute atomic E-state index is 0.239. The Morgan fingerprint density at radius 2 is 2.21 bits per heavy atom. The van der Waals surface area contributed by atoms with Gasteiger partial charge in [0.2, 0.25) is 0 Å². The van der Waals surface area contributed by atoms with Gasteiger partial charge in [-0.2, -0.15) is 0 Å². The zero-order valence-electron chi connectivity index (χ0n) is 8.45. The number of pyridine rings is 1. The smallest absolute Gasteiger partial charge is 0.0837 e. The van der Waals surface area contributed by atoms with Gasteiger partial charge in [0.15, 0.2) is 0 Å². The highest BCUT2D eigenvalue weighted by Crippen LogP contribution is 2.04. The number of hydrogen-bond donors (Lipinski definition) is 2. The van der Waals surface area contributed by atoms with Crippen LogP contribution in [0.3, 0.4) is 0 Å². The van der Waals surface area contributed by atoms with Gasteiger partial charge in [0.1, 0.15) is 0 Å². The summed E-state index contributed by atoms with van der Waals surface area (Å²) in [7, 11) is 0. The first-order valence-electron chi connectivity index (χ1n) is 4.86. The lowest BCUT2D eigenvalue weighted by Gasteiger charge is -2.02. The van der Waals surface area contributed by atoms with E-state index in [2.05, 4.69) is 4.98 Å². The normalized spacial score (nSPS) is 10.1. The number of unbranched alkanes of at least 4 members (excludes halogenated alkanes) is 1. The molecule has 14 heavy (non-hydrogen) atoms. The summed E-state index contributed by atoms with van der Waals surface area (Å²) in [6, 6.07) is 5.73. The number of aliphatic hydroxyl groups excluding tert-OH is 1. The number of hydrogen-bond acceptors (Lipinski definition) is 3. The van der Waals surface area contributed by atoms with Gasteiger partial charge in [0.25, 0.3) is 0 Å². The molecule has 0 amide bonds. The van der Waals surface area contributed by atoms with E-state index in [1.54, 1.807) is 6.92 Å².